The summed E-state index contributed by atoms with van der Waals surface area (Å²) in [5.74, 6) is 0.629. The molecule has 31 heavy (non-hydrogen) atoms. The zero-order valence-electron chi connectivity index (χ0n) is 16.3. The molecule has 0 spiro atoms. The van der Waals surface area contributed by atoms with Crippen molar-refractivity contribution < 1.29 is 13.2 Å². The second-order valence-corrected chi connectivity index (χ2v) is 7.40. The molecule has 1 aromatic heterocycles. The molecule has 0 aliphatic rings. The third-order valence-corrected chi connectivity index (χ3v) is 5.22. The van der Waals surface area contributed by atoms with Crippen molar-refractivity contribution >= 4 is 11.6 Å². The monoisotopic (exact) mass is 437 g/mol. The fourth-order valence-electron chi connectivity index (χ4n) is 3.41. The lowest BCUT2D eigenvalue weighted by molar-refractivity contribution is -0.137. The highest BCUT2D eigenvalue weighted by Gasteiger charge is 2.30. The largest absolute Gasteiger partial charge is 0.416 e. The molecule has 4 rings (SSSR count). The van der Waals surface area contributed by atoms with Crippen LogP contribution < -0.4 is 0 Å². The first-order valence-corrected chi connectivity index (χ1v) is 9.66. The molecule has 3 aromatic carbocycles. The van der Waals surface area contributed by atoms with Crippen molar-refractivity contribution in [2.45, 2.75) is 6.18 Å². The number of nitrogens with zero attached hydrogens (tertiary/aromatic N) is 3. The Balaban J connectivity index is 1.90. The maximum atomic E-state index is 13.0. The lowest BCUT2D eigenvalue weighted by atomic mass is 10.0. The Morgan fingerprint density at radius 3 is 1.94 bits per heavy atom. The van der Waals surface area contributed by atoms with E-state index < -0.39 is 11.7 Å². The molecule has 0 bridgehead atoms. The van der Waals surface area contributed by atoms with Gasteiger partial charge in [-0.2, -0.15) is 18.4 Å². The summed E-state index contributed by atoms with van der Waals surface area (Å²) in [7, 11) is 1.81. The highest BCUT2D eigenvalue weighted by atomic mass is 35.5. The third kappa shape index (κ3) is 4.05. The van der Waals surface area contributed by atoms with Crippen molar-refractivity contribution in [3.05, 3.63) is 88.9 Å². The molecule has 0 saturated carbocycles. The highest BCUT2D eigenvalue weighted by Crippen LogP contribution is 2.37. The molecule has 3 nitrogen and oxygen atoms in total. The van der Waals surface area contributed by atoms with Crippen LogP contribution in [0.15, 0.2) is 72.8 Å². The van der Waals surface area contributed by atoms with Gasteiger partial charge in [0.2, 0.25) is 0 Å². The first-order valence-electron chi connectivity index (χ1n) is 9.29. The van der Waals surface area contributed by atoms with E-state index in [4.69, 9.17) is 21.8 Å². The van der Waals surface area contributed by atoms with Gasteiger partial charge in [-0.25, -0.2) is 4.98 Å². The maximum Gasteiger partial charge on any atom is 0.416 e. The van der Waals surface area contributed by atoms with Gasteiger partial charge in [0, 0.05) is 28.8 Å². The van der Waals surface area contributed by atoms with Crippen molar-refractivity contribution in [1.82, 2.24) is 9.55 Å². The van der Waals surface area contributed by atoms with Gasteiger partial charge in [-0.15, -0.1) is 0 Å². The molecule has 4 aromatic rings. The van der Waals surface area contributed by atoms with Crippen LogP contribution in [0.1, 0.15) is 11.1 Å². The standard InChI is InChI=1S/C24H15ClF3N3/c1-31-22(17-6-10-19(11-7-17)24(26,27)28)21(16-8-12-20(25)13-9-16)30-23(31)18-4-2-15(14-29)3-5-18/h2-13H,1H3. The molecule has 7 heteroatoms. The van der Waals surface area contributed by atoms with Crippen LogP contribution in [0.3, 0.4) is 0 Å². The number of nitriles is 1. The summed E-state index contributed by atoms with van der Waals surface area (Å²) in [5.41, 5.74) is 3.30. The highest BCUT2D eigenvalue weighted by molar-refractivity contribution is 6.30. The third-order valence-electron chi connectivity index (χ3n) is 4.97. The summed E-state index contributed by atoms with van der Waals surface area (Å²) in [6.07, 6.45) is -4.41. The fraction of sp³-hybridized carbons (Fsp3) is 0.0833. The van der Waals surface area contributed by atoms with Crippen LogP contribution in [0, 0.1) is 11.3 Å². The van der Waals surface area contributed by atoms with Crippen LogP contribution in [-0.2, 0) is 13.2 Å². The van der Waals surface area contributed by atoms with Gasteiger partial charge in [-0.3, -0.25) is 0 Å². The quantitative estimate of drug-likeness (QED) is 0.347. The number of alkyl halides is 3. The average molecular weight is 438 g/mol. The summed E-state index contributed by atoms with van der Waals surface area (Å²) in [6, 6.07) is 21.2. The minimum Gasteiger partial charge on any atom is -0.327 e. The number of imidazole rings is 1. The number of hydrogen-bond donors (Lipinski definition) is 0. The SMILES string of the molecule is Cn1c(-c2ccc(C#N)cc2)nc(-c2ccc(Cl)cc2)c1-c1ccc(C(F)(F)F)cc1. The average Bonchev–Trinajstić information content (AvgIpc) is 3.11. The molecular formula is C24H15ClF3N3. The van der Waals surface area contributed by atoms with Crippen LogP contribution in [0.2, 0.25) is 5.02 Å². The summed E-state index contributed by atoms with van der Waals surface area (Å²) < 4.78 is 40.9. The second kappa shape index (κ2) is 7.93. The number of hydrogen-bond acceptors (Lipinski definition) is 2. The van der Waals surface area contributed by atoms with E-state index in [9.17, 15) is 13.2 Å². The number of rotatable bonds is 3. The molecule has 154 valence electrons. The Morgan fingerprint density at radius 2 is 1.39 bits per heavy atom. The van der Waals surface area contributed by atoms with E-state index in [1.165, 1.54) is 12.1 Å². The zero-order valence-corrected chi connectivity index (χ0v) is 17.0. The Hall–Kier alpha value is -3.56. The van der Waals surface area contributed by atoms with Crippen LogP contribution in [0.4, 0.5) is 13.2 Å². The van der Waals surface area contributed by atoms with Gasteiger partial charge in [0.25, 0.3) is 0 Å². The zero-order chi connectivity index (χ0) is 22.2. The van der Waals surface area contributed by atoms with E-state index in [1.54, 1.807) is 36.4 Å². The topological polar surface area (TPSA) is 41.6 Å². The van der Waals surface area contributed by atoms with Crippen LogP contribution >= 0.6 is 11.6 Å². The predicted molar refractivity (Wildman–Crippen MR) is 114 cm³/mol. The summed E-state index contributed by atoms with van der Waals surface area (Å²) in [5, 5.41) is 9.61. The van der Waals surface area contributed by atoms with E-state index in [1.807, 2.05) is 23.7 Å². The molecule has 0 aliphatic carbocycles. The Kier molecular flexibility index (Phi) is 5.30. The van der Waals surface area contributed by atoms with Crippen molar-refractivity contribution in [3.63, 3.8) is 0 Å². The summed E-state index contributed by atoms with van der Waals surface area (Å²) >= 11 is 6.02. The first kappa shape index (κ1) is 20.7. The smallest absolute Gasteiger partial charge is 0.327 e. The van der Waals surface area contributed by atoms with Gasteiger partial charge in [-0.1, -0.05) is 35.9 Å². The molecule has 0 unspecified atom stereocenters. The van der Waals surface area contributed by atoms with Gasteiger partial charge >= 0.3 is 6.18 Å². The number of benzene rings is 3. The molecule has 0 aliphatic heterocycles. The predicted octanol–water partition coefficient (Wildman–Crippen LogP) is 6.96. The van der Waals surface area contributed by atoms with Gasteiger partial charge in [0.1, 0.15) is 5.82 Å². The van der Waals surface area contributed by atoms with Crippen LogP contribution in [0.25, 0.3) is 33.9 Å². The van der Waals surface area contributed by atoms with Crippen molar-refractivity contribution in [2.75, 3.05) is 0 Å². The molecule has 0 atom stereocenters. The Morgan fingerprint density at radius 1 is 0.839 bits per heavy atom. The number of aromatic nitrogens is 2. The molecule has 0 radical (unpaired) electrons. The van der Waals surface area contributed by atoms with E-state index in [2.05, 4.69) is 6.07 Å². The minimum absolute atomic E-state index is 0.527. The normalized spacial score (nSPS) is 11.4. The van der Waals surface area contributed by atoms with E-state index in [-0.39, 0.29) is 0 Å². The van der Waals surface area contributed by atoms with Gasteiger partial charge in [0.15, 0.2) is 0 Å². The Bertz CT molecular complexity index is 1260. The van der Waals surface area contributed by atoms with Gasteiger partial charge in [-0.05, 0) is 48.5 Å². The van der Waals surface area contributed by atoms with Gasteiger partial charge < -0.3 is 4.57 Å². The van der Waals surface area contributed by atoms with Crippen LogP contribution in [-0.4, -0.2) is 9.55 Å². The van der Waals surface area contributed by atoms with E-state index in [0.29, 0.717) is 33.4 Å². The first-order chi connectivity index (χ1) is 14.8. The molecule has 1 heterocycles. The maximum absolute atomic E-state index is 13.0. The minimum atomic E-state index is -4.41. The van der Waals surface area contributed by atoms with E-state index >= 15 is 0 Å². The summed E-state index contributed by atoms with van der Waals surface area (Å²) in [4.78, 5) is 4.80. The van der Waals surface area contributed by atoms with Crippen molar-refractivity contribution in [2.24, 2.45) is 7.05 Å². The molecule has 0 fully saturated rings. The van der Waals surface area contributed by atoms with Crippen molar-refractivity contribution in [1.29, 1.82) is 5.26 Å². The molecule has 0 amide bonds. The van der Waals surface area contributed by atoms with E-state index in [0.717, 1.165) is 23.3 Å². The van der Waals surface area contributed by atoms with Crippen LogP contribution in [0.5, 0.6) is 0 Å². The summed E-state index contributed by atoms with van der Waals surface area (Å²) in [6.45, 7) is 0. The molecular weight excluding hydrogens is 423 g/mol. The second-order valence-electron chi connectivity index (χ2n) is 6.96. The lowest BCUT2D eigenvalue weighted by Gasteiger charge is -2.11. The van der Waals surface area contributed by atoms with Crippen molar-refractivity contribution in [3.8, 4) is 40.0 Å². The fourth-order valence-corrected chi connectivity index (χ4v) is 3.53. The molecule has 0 N–H and O–H groups in total. The number of halogens is 4. The molecule has 0 saturated heterocycles. The Labute approximate surface area is 182 Å². The van der Waals surface area contributed by atoms with Gasteiger partial charge in [0.05, 0.1) is 28.6 Å². The lowest BCUT2D eigenvalue weighted by Crippen LogP contribution is -2.04.